The highest BCUT2D eigenvalue weighted by Crippen LogP contribution is 2.30. The van der Waals surface area contributed by atoms with Crippen LogP contribution in [0.5, 0.6) is 5.75 Å². The molecule has 3 aromatic rings. The van der Waals surface area contributed by atoms with Crippen molar-refractivity contribution >= 4 is 46.3 Å². The lowest BCUT2D eigenvalue weighted by atomic mass is 9.83. The summed E-state index contributed by atoms with van der Waals surface area (Å²) in [6.45, 7) is 2.69. The second-order valence-corrected chi connectivity index (χ2v) is 14.6. The number of aliphatic hydroxyl groups is 1. The summed E-state index contributed by atoms with van der Waals surface area (Å²) in [4.78, 5) is 85.9. The Morgan fingerprint density at radius 1 is 0.981 bits per heavy atom. The van der Waals surface area contributed by atoms with E-state index in [2.05, 4.69) is 31.6 Å². The van der Waals surface area contributed by atoms with Crippen molar-refractivity contribution in [3.05, 3.63) is 65.9 Å². The zero-order chi connectivity index (χ0) is 38.4. The number of hydrogen-bond acceptors (Lipinski definition) is 8. The zero-order valence-electron chi connectivity index (χ0n) is 30.6. The van der Waals surface area contributed by atoms with Gasteiger partial charge in [-0.15, -0.1) is 0 Å². The summed E-state index contributed by atoms with van der Waals surface area (Å²) in [5.41, 5.74) is 2.50. The molecule has 288 valence electrons. The van der Waals surface area contributed by atoms with Crippen LogP contribution in [0.25, 0.3) is 10.9 Å². The van der Waals surface area contributed by atoms with Gasteiger partial charge in [0, 0.05) is 49.1 Å². The molecular weight excluding hydrogens is 694 g/mol. The maximum atomic E-state index is 14.6. The number of nitrogens with one attached hydrogen (secondary N) is 6. The zero-order valence-corrected chi connectivity index (χ0v) is 30.6. The van der Waals surface area contributed by atoms with Gasteiger partial charge < -0.3 is 46.3 Å². The number of fused-ring (bicyclic) bond motifs is 17. The first kappa shape index (κ1) is 38.3. The van der Waals surface area contributed by atoms with Gasteiger partial charge in [-0.1, -0.05) is 36.8 Å². The highest BCUT2D eigenvalue weighted by Gasteiger charge is 2.44. The fraction of sp³-hybridized carbons (Fsp3) is 0.487. The number of hydrogen-bond donors (Lipinski definition) is 7. The van der Waals surface area contributed by atoms with Crippen molar-refractivity contribution in [2.45, 2.75) is 95.1 Å². The third-order valence-electron chi connectivity index (χ3n) is 10.5. The lowest BCUT2D eigenvalue weighted by Gasteiger charge is -2.30. The molecule has 15 heteroatoms. The van der Waals surface area contributed by atoms with Gasteiger partial charge in [-0.25, -0.2) is 0 Å². The summed E-state index contributed by atoms with van der Waals surface area (Å²) in [6, 6.07) is 9.23. The van der Waals surface area contributed by atoms with Crippen molar-refractivity contribution in [2.24, 2.45) is 5.92 Å². The standard InChI is InChI=1S/C39H49N7O8/c1-22-36(50)40-15-14-24-10-12-28(13-11-24)54-21-34(49)44-31(17-26-19-41-30-9-4-3-8-29(26)30)39(53)46-20-27(43-33(48)16-25-6-5-7-25)18-32(46)37(51)45-35(23(2)47)38(52)42-22/h3-4,8-13,19,22-23,25,27,31-32,35,41,47H,5-7,14-18,20-21H2,1-2H3,(H,40,50)(H,42,52)(H,43,48)(H,44,49)(H,45,51)/t22-,23+,27-,31+,32-,35-/m0/s1. The summed E-state index contributed by atoms with van der Waals surface area (Å²) in [7, 11) is 0. The normalized spacial score (nSPS) is 25.5. The first-order valence-corrected chi connectivity index (χ1v) is 18.7. The van der Waals surface area contributed by atoms with Crippen LogP contribution in [0.1, 0.15) is 57.1 Å². The molecule has 2 bridgehead atoms. The molecule has 2 aromatic carbocycles. The molecule has 6 atom stereocenters. The largest absolute Gasteiger partial charge is 0.484 e. The van der Waals surface area contributed by atoms with E-state index in [1.165, 1.54) is 18.7 Å². The average Bonchev–Trinajstić information content (AvgIpc) is 3.74. The number of carbonyl (C=O) groups is 6. The highest BCUT2D eigenvalue weighted by atomic mass is 16.5. The number of rotatable bonds is 6. The van der Waals surface area contributed by atoms with Crippen LogP contribution in [0.3, 0.4) is 0 Å². The van der Waals surface area contributed by atoms with Crippen molar-refractivity contribution < 1.29 is 38.6 Å². The molecular formula is C39H49N7O8. The molecule has 1 aliphatic carbocycles. The van der Waals surface area contributed by atoms with Gasteiger partial charge in [-0.05, 0) is 74.8 Å². The first-order chi connectivity index (χ1) is 25.9. The molecule has 1 saturated carbocycles. The van der Waals surface area contributed by atoms with Crippen molar-refractivity contribution in [3.63, 3.8) is 0 Å². The lowest BCUT2D eigenvalue weighted by molar-refractivity contribution is -0.143. The Balaban J connectivity index is 1.31. The van der Waals surface area contributed by atoms with Crippen LogP contribution in [0, 0.1) is 5.92 Å². The molecule has 7 N–H and O–H groups in total. The summed E-state index contributed by atoms with van der Waals surface area (Å²) in [5, 5.41) is 25.2. The van der Waals surface area contributed by atoms with Gasteiger partial charge in [0.05, 0.1) is 6.10 Å². The molecule has 0 radical (unpaired) electrons. The van der Waals surface area contributed by atoms with E-state index in [1.807, 2.05) is 36.4 Å². The van der Waals surface area contributed by atoms with Gasteiger partial charge in [-0.2, -0.15) is 0 Å². The highest BCUT2D eigenvalue weighted by molar-refractivity contribution is 5.97. The number of H-pyrrole nitrogens is 1. The fourth-order valence-electron chi connectivity index (χ4n) is 7.24. The molecule has 0 spiro atoms. The van der Waals surface area contributed by atoms with Gasteiger partial charge >= 0.3 is 0 Å². The van der Waals surface area contributed by atoms with E-state index in [-0.39, 0.29) is 38.4 Å². The van der Waals surface area contributed by atoms with E-state index in [9.17, 15) is 33.9 Å². The number of nitrogens with zero attached hydrogens (tertiary/aromatic N) is 1. The maximum absolute atomic E-state index is 14.6. The quantitative estimate of drug-likeness (QED) is 0.177. The Kier molecular flexibility index (Phi) is 12.2. The molecule has 54 heavy (non-hydrogen) atoms. The molecule has 15 nitrogen and oxygen atoms in total. The van der Waals surface area contributed by atoms with Crippen LogP contribution in [-0.2, 0) is 41.6 Å². The number of aromatic nitrogens is 1. The van der Waals surface area contributed by atoms with E-state index in [4.69, 9.17) is 4.74 Å². The Morgan fingerprint density at radius 3 is 2.46 bits per heavy atom. The molecule has 1 aromatic heterocycles. The topological polar surface area (TPSA) is 211 Å². The van der Waals surface area contributed by atoms with Crippen LogP contribution >= 0.6 is 0 Å². The molecule has 6 amide bonds. The van der Waals surface area contributed by atoms with Gasteiger partial charge in [-0.3, -0.25) is 28.8 Å². The van der Waals surface area contributed by atoms with Crippen LogP contribution in [0.15, 0.2) is 54.7 Å². The van der Waals surface area contributed by atoms with Crippen molar-refractivity contribution in [1.29, 1.82) is 0 Å². The number of ether oxygens (including phenoxy) is 1. The molecule has 3 aliphatic heterocycles. The summed E-state index contributed by atoms with van der Waals surface area (Å²) in [5.74, 6) is -2.56. The van der Waals surface area contributed by atoms with Crippen molar-refractivity contribution in [1.82, 2.24) is 36.5 Å². The Bertz CT molecular complexity index is 1860. The van der Waals surface area contributed by atoms with Crippen LogP contribution in [0.4, 0.5) is 0 Å². The summed E-state index contributed by atoms with van der Waals surface area (Å²) >= 11 is 0. The third kappa shape index (κ3) is 9.37. The second kappa shape index (κ2) is 17.1. The average molecular weight is 744 g/mol. The van der Waals surface area contributed by atoms with Gasteiger partial charge in [0.15, 0.2) is 6.61 Å². The van der Waals surface area contributed by atoms with Gasteiger partial charge in [0.2, 0.25) is 29.5 Å². The molecule has 1 saturated heterocycles. The van der Waals surface area contributed by atoms with Crippen LogP contribution < -0.4 is 31.3 Å². The van der Waals surface area contributed by atoms with E-state index >= 15 is 0 Å². The molecule has 7 rings (SSSR count). The smallest absolute Gasteiger partial charge is 0.258 e. The minimum absolute atomic E-state index is 0.0286. The van der Waals surface area contributed by atoms with Crippen molar-refractivity contribution in [3.8, 4) is 5.75 Å². The predicted octanol–water partition coefficient (Wildman–Crippen LogP) is 0.593. The molecule has 4 heterocycles. The van der Waals surface area contributed by atoms with E-state index in [0.29, 0.717) is 24.5 Å². The minimum Gasteiger partial charge on any atom is -0.484 e. The molecule has 4 aliphatic rings. The number of amides is 6. The molecule has 0 unspecified atom stereocenters. The summed E-state index contributed by atoms with van der Waals surface area (Å²) in [6.07, 6.45) is 4.37. The van der Waals surface area contributed by atoms with Crippen LogP contribution in [0.2, 0.25) is 0 Å². The lowest BCUT2D eigenvalue weighted by Crippen LogP contribution is -2.60. The Labute approximate surface area is 313 Å². The number of aromatic amines is 1. The summed E-state index contributed by atoms with van der Waals surface area (Å²) < 4.78 is 5.77. The Hall–Kier alpha value is -5.44. The first-order valence-electron chi connectivity index (χ1n) is 18.7. The van der Waals surface area contributed by atoms with Crippen molar-refractivity contribution in [2.75, 3.05) is 19.7 Å². The minimum atomic E-state index is -1.47. The second-order valence-electron chi connectivity index (χ2n) is 14.6. The predicted molar refractivity (Wildman–Crippen MR) is 198 cm³/mol. The van der Waals surface area contributed by atoms with E-state index < -0.39 is 65.8 Å². The van der Waals surface area contributed by atoms with E-state index in [0.717, 1.165) is 41.3 Å². The SMILES string of the molecule is C[C@@H]1NC(=O)[C@H]([C@@H](C)O)NC(=O)[C@@H]2C[C@H](NC(=O)CC3CCC3)CN2C(=O)[C@@H](Cc2c[nH]c3ccccc23)NC(=O)COc2ccc(cc2)CCNC1=O. The number of para-hydroxylation sites is 1. The van der Waals surface area contributed by atoms with Crippen LogP contribution in [-0.4, -0.2) is 106 Å². The molecule has 2 fully saturated rings. The van der Waals surface area contributed by atoms with E-state index in [1.54, 1.807) is 18.3 Å². The fourth-order valence-corrected chi connectivity index (χ4v) is 7.24. The number of aliphatic hydroxyl groups excluding tert-OH is 1. The maximum Gasteiger partial charge on any atom is 0.258 e. The monoisotopic (exact) mass is 743 g/mol. The van der Waals surface area contributed by atoms with Gasteiger partial charge in [0.1, 0.15) is 29.9 Å². The number of benzene rings is 2. The Morgan fingerprint density at radius 2 is 1.74 bits per heavy atom. The number of carbonyl (C=O) groups excluding carboxylic acids is 6. The van der Waals surface area contributed by atoms with Gasteiger partial charge in [0.25, 0.3) is 5.91 Å². The third-order valence-corrected chi connectivity index (χ3v) is 10.5.